The summed E-state index contributed by atoms with van der Waals surface area (Å²) in [4.78, 5) is 15.3. The van der Waals surface area contributed by atoms with Crippen molar-refractivity contribution < 1.29 is 14.3 Å². The first-order valence-electron chi connectivity index (χ1n) is 9.29. The number of aromatic nitrogens is 2. The lowest BCUT2D eigenvalue weighted by atomic mass is 10.1. The van der Waals surface area contributed by atoms with E-state index in [-0.39, 0.29) is 6.04 Å². The topological polar surface area (TPSA) is 82.3 Å². The molecular weight excluding hydrogens is 390 g/mol. The molecule has 3 N–H and O–H groups in total. The van der Waals surface area contributed by atoms with Gasteiger partial charge in [-0.05, 0) is 36.2 Å². The standard InChI is InChI=1S/C22H22ClN3O3/c1-26-19(22(27)28-2)10-16-20(8-7-17(23)21(16)26)29-12-14(24)9-13-11-25-18-6-4-3-5-15(13)18/h3-8,10-11,14,25H,9,12,24H2,1-2H3/t14-/m1/s1. The first kappa shape index (κ1) is 19.4. The summed E-state index contributed by atoms with van der Waals surface area (Å²) in [5, 5.41) is 2.45. The number of nitrogens with two attached hydrogens (primary N) is 1. The van der Waals surface area contributed by atoms with Gasteiger partial charge in [0, 0.05) is 35.6 Å². The number of H-pyrrole nitrogens is 1. The van der Waals surface area contributed by atoms with Gasteiger partial charge >= 0.3 is 5.97 Å². The minimum atomic E-state index is -0.429. The number of halogens is 1. The number of hydrogen-bond donors (Lipinski definition) is 2. The molecule has 6 nitrogen and oxygen atoms in total. The maximum absolute atomic E-state index is 12.0. The average Bonchev–Trinajstić information content (AvgIpc) is 3.29. The van der Waals surface area contributed by atoms with E-state index >= 15 is 0 Å². The quantitative estimate of drug-likeness (QED) is 0.469. The molecule has 0 amide bonds. The third-order valence-corrected chi connectivity index (χ3v) is 5.42. The fourth-order valence-electron chi connectivity index (χ4n) is 3.66. The molecule has 7 heteroatoms. The van der Waals surface area contributed by atoms with Crippen LogP contribution in [0.4, 0.5) is 0 Å². The fourth-order valence-corrected chi connectivity index (χ4v) is 3.95. The Labute approximate surface area is 173 Å². The first-order chi connectivity index (χ1) is 14.0. The lowest BCUT2D eigenvalue weighted by Crippen LogP contribution is -2.30. The average molecular weight is 412 g/mol. The van der Waals surface area contributed by atoms with E-state index in [1.165, 1.54) is 12.5 Å². The number of methoxy groups -OCH3 is 1. The fraction of sp³-hybridized carbons (Fsp3) is 0.227. The van der Waals surface area contributed by atoms with Gasteiger partial charge in [-0.1, -0.05) is 29.8 Å². The van der Waals surface area contributed by atoms with E-state index in [4.69, 9.17) is 26.8 Å². The summed E-state index contributed by atoms with van der Waals surface area (Å²) in [5.41, 5.74) is 9.71. The van der Waals surface area contributed by atoms with Gasteiger partial charge in [0.05, 0.1) is 17.6 Å². The van der Waals surface area contributed by atoms with Gasteiger partial charge in [0.25, 0.3) is 0 Å². The summed E-state index contributed by atoms with van der Waals surface area (Å²) >= 11 is 6.35. The summed E-state index contributed by atoms with van der Waals surface area (Å²) in [5.74, 6) is 0.200. The maximum atomic E-state index is 12.0. The molecule has 0 unspecified atom stereocenters. The van der Waals surface area contributed by atoms with Crippen molar-refractivity contribution in [1.82, 2.24) is 9.55 Å². The second kappa shape index (κ2) is 7.81. The third kappa shape index (κ3) is 3.57. The van der Waals surface area contributed by atoms with Crippen molar-refractivity contribution in [2.45, 2.75) is 12.5 Å². The zero-order chi connectivity index (χ0) is 20.5. The molecule has 0 aliphatic heterocycles. The number of esters is 1. The summed E-state index contributed by atoms with van der Waals surface area (Å²) < 4.78 is 12.6. The minimum absolute atomic E-state index is 0.191. The highest BCUT2D eigenvalue weighted by atomic mass is 35.5. The van der Waals surface area contributed by atoms with E-state index in [0.717, 1.165) is 22.0 Å². The van der Waals surface area contributed by atoms with Gasteiger partial charge in [0.2, 0.25) is 0 Å². The van der Waals surface area contributed by atoms with E-state index < -0.39 is 5.97 Å². The number of hydrogen-bond acceptors (Lipinski definition) is 4. The van der Waals surface area contributed by atoms with Gasteiger partial charge in [-0.25, -0.2) is 4.79 Å². The molecule has 2 aromatic heterocycles. The molecule has 0 radical (unpaired) electrons. The number of carbonyl (C=O) groups is 1. The number of aromatic amines is 1. The molecule has 150 valence electrons. The van der Waals surface area contributed by atoms with Crippen molar-refractivity contribution in [3.8, 4) is 5.75 Å². The van der Waals surface area contributed by atoms with E-state index in [0.29, 0.717) is 29.5 Å². The summed E-state index contributed by atoms with van der Waals surface area (Å²) in [6.07, 6.45) is 2.67. The van der Waals surface area contributed by atoms with Crippen molar-refractivity contribution in [3.63, 3.8) is 0 Å². The van der Waals surface area contributed by atoms with Crippen LogP contribution in [0.5, 0.6) is 5.75 Å². The van der Waals surface area contributed by atoms with E-state index in [1.54, 1.807) is 29.8 Å². The van der Waals surface area contributed by atoms with Crippen LogP contribution < -0.4 is 10.5 Å². The van der Waals surface area contributed by atoms with Crippen LogP contribution >= 0.6 is 11.6 Å². The Balaban J connectivity index is 1.55. The van der Waals surface area contributed by atoms with Crippen molar-refractivity contribution in [1.29, 1.82) is 0 Å². The molecule has 2 aromatic carbocycles. The predicted octanol–water partition coefficient (Wildman–Crippen LogP) is 4.05. The number of nitrogens with one attached hydrogen (secondary N) is 1. The Hall–Kier alpha value is -2.96. The summed E-state index contributed by atoms with van der Waals surface area (Å²) in [6, 6.07) is 13.2. The monoisotopic (exact) mass is 411 g/mol. The van der Waals surface area contributed by atoms with Gasteiger partial charge in [-0.2, -0.15) is 0 Å². The van der Waals surface area contributed by atoms with Crippen LogP contribution in [0.25, 0.3) is 21.8 Å². The number of nitrogens with zero attached hydrogens (tertiary/aromatic N) is 1. The number of carbonyl (C=O) groups excluding carboxylic acids is 1. The highest BCUT2D eigenvalue weighted by Gasteiger charge is 2.19. The predicted molar refractivity (Wildman–Crippen MR) is 115 cm³/mol. The molecule has 4 rings (SSSR count). The Bertz CT molecular complexity index is 1190. The van der Waals surface area contributed by atoms with Gasteiger partial charge in [-0.3, -0.25) is 0 Å². The smallest absolute Gasteiger partial charge is 0.354 e. The number of ether oxygens (including phenoxy) is 2. The molecule has 0 saturated heterocycles. The van der Waals surface area contributed by atoms with Crippen molar-refractivity contribution in [2.75, 3.05) is 13.7 Å². The lowest BCUT2D eigenvalue weighted by molar-refractivity contribution is 0.0590. The SMILES string of the molecule is COC(=O)c1cc2c(OC[C@H](N)Cc3c[nH]c4ccccc34)ccc(Cl)c2n1C. The van der Waals surface area contributed by atoms with Gasteiger partial charge in [0.1, 0.15) is 18.1 Å². The molecule has 29 heavy (non-hydrogen) atoms. The van der Waals surface area contributed by atoms with Crippen LogP contribution in [-0.4, -0.2) is 35.3 Å². The maximum Gasteiger partial charge on any atom is 0.354 e. The van der Waals surface area contributed by atoms with Crippen molar-refractivity contribution >= 4 is 39.4 Å². The second-order valence-corrected chi connectivity index (χ2v) is 7.43. The number of rotatable bonds is 6. The Kier molecular flexibility index (Phi) is 5.22. The molecule has 0 spiro atoms. The van der Waals surface area contributed by atoms with E-state index in [1.807, 2.05) is 24.4 Å². The molecule has 1 atom stereocenters. The van der Waals surface area contributed by atoms with Crippen molar-refractivity contribution in [3.05, 3.63) is 64.9 Å². The summed E-state index contributed by atoms with van der Waals surface area (Å²) in [6.45, 7) is 0.332. The van der Waals surface area contributed by atoms with Gasteiger partial charge in [0.15, 0.2) is 0 Å². The molecule has 0 saturated carbocycles. The normalized spacial score (nSPS) is 12.4. The largest absolute Gasteiger partial charge is 0.491 e. The second-order valence-electron chi connectivity index (χ2n) is 7.02. The third-order valence-electron chi connectivity index (χ3n) is 5.11. The molecule has 4 aromatic rings. The zero-order valence-corrected chi connectivity index (χ0v) is 17.0. The minimum Gasteiger partial charge on any atom is -0.491 e. The first-order valence-corrected chi connectivity index (χ1v) is 9.67. The highest BCUT2D eigenvalue weighted by molar-refractivity contribution is 6.35. The Morgan fingerprint density at radius 1 is 1.24 bits per heavy atom. The molecule has 0 aliphatic carbocycles. The number of para-hydroxylation sites is 1. The van der Waals surface area contributed by atoms with E-state index in [9.17, 15) is 4.79 Å². The van der Waals surface area contributed by atoms with Crippen LogP contribution in [0.15, 0.2) is 48.7 Å². The zero-order valence-electron chi connectivity index (χ0n) is 16.2. The number of benzene rings is 2. The Morgan fingerprint density at radius 2 is 2.03 bits per heavy atom. The number of aryl methyl sites for hydroxylation is 1. The van der Waals surface area contributed by atoms with Crippen molar-refractivity contribution in [2.24, 2.45) is 12.8 Å². The molecule has 0 bridgehead atoms. The molecular formula is C22H22ClN3O3. The lowest BCUT2D eigenvalue weighted by Gasteiger charge is -2.14. The van der Waals surface area contributed by atoms with Crippen LogP contribution in [0.3, 0.4) is 0 Å². The summed E-state index contributed by atoms with van der Waals surface area (Å²) in [7, 11) is 3.12. The Morgan fingerprint density at radius 3 is 2.83 bits per heavy atom. The molecule has 0 fully saturated rings. The van der Waals surface area contributed by atoms with Crippen LogP contribution in [-0.2, 0) is 18.2 Å². The van der Waals surface area contributed by atoms with Gasteiger partial charge in [-0.15, -0.1) is 0 Å². The van der Waals surface area contributed by atoms with Crippen LogP contribution in [0.2, 0.25) is 5.02 Å². The molecule has 2 heterocycles. The van der Waals surface area contributed by atoms with E-state index in [2.05, 4.69) is 11.1 Å². The highest BCUT2D eigenvalue weighted by Crippen LogP contribution is 2.34. The number of fused-ring (bicyclic) bond motifs is 2. The van der Waals surface area contributed by atoms with Crippen LogP contribution in [0.1, 0.15) is 16.1 Å². The van der Waals surface area contributed by atoms with Crippen LogP contribution in [0, 0.1) is 0 Å². The van der Waals surface area contributed by atoms with Gasteiger partial charge < -0.3 is 24.8 Å². The molecule has 0 aliphatic rings.